The van der Waals surface area contributed by atoms with E-state index in [9.17, 15) is 0 Å². The van der Waals surface area contributed by atoms with Crippen molar-refractivity contribution in [2.75, 3.05) is 19.6 Å². The van der Waals surface area contributed by atoms with Crippen LogP contribution in [0.3, 0.4) is 0 Å². The summed E-state index contributed by atoms with van der Waals surface area (Å²) < 4.78 is 0. The summed E-state index contributed by atoms with van der Waals surface area (Å²) in [6.45, 7) is 16.8. The van der Waals surface area contributed by atoms with Crippen molar-refractivity contribution in [3.63, 3.8) is 0 Å². The molecule has 1 aliphatic rings. The molecule has 15 heavy (non-hydrogen) atoms. The largest absolute Gasteiger partial charge is 0.330 e. The summed E-state index contributed by atoms with van der Waals surface area (Å²) in [5.41, 5.74) is 6.92. The topological polar surface area (TPSA) is 38.0 Å². The van der Waals surface area contributed by atoms with E-state index in [0.717, 1.165) is 25.6 Å². The van der Waals surface area contributed by atoms with E-state index in [1.807, 2.05) is 0 Å². The second kappa shape index (κ2) is 3.74. The maximum Gasteiger partial charge on any atom is 0.00147 e. The van der Waals surface area contributed by atoms with Gasteiger partial charge in [0.1, 0.15) is 0 Å². The van der Waals surface area contributed by atoms with Gasteiger partial charge in [-0.25, -0.2) is 0 Å². The van der Waals surface area contributed by atoms with Gasteiger partial charge in [0.25, 0.3) is 0 Å². The Morgan fingerprint density at radius 2 is 1.60 bits per heavy atom. The number of rotatable bonds is 5. The molecule has 0 spiro atoms. The molecule has 0 aliphatic heterocycles. The molecule has 3 N–H and O–H groups in total. The van der Waals surface area contributed by atoms with Gasteiger partial charge in [-0.05, 0) is 35.3 Å². The zero-order chi connectivity index (χ0) is 11.9. The third kappa shape index (κ3) is 2.36. The van der Waals surface area contributed by atoms with Crippen LogP contribution in [0.1, 0.15) is 41.5 Å². The summed E-state index contributed by atoms with van der Waals surface area (Å²) in [5, 5.41) is 3.57. The second-order valence-electron chi connectivity index (χ2n) is 7.00. The Kier molecular flexibility index (Phi) is 3.24. The molecule has 2 heteroatoms. The first kappa shape index (κ1) is 13.0. The minimum atomic E-state index is 0.225. The molecule has 0 radical (unpaired) electrons. The third-order valence-electron chi connectivity index (χ3n) is 4.82. The zero-order valence-electron chi connectivity index (χ0n) is 11.3. The lowest BCUT2D eigenvalue weighted by atomic mass is 9.94. The Morgan fingerprint density at radius 1 is 1.13 bits per heavy atom. The lowest BCUT2D eigenvalue weighted by Crippen LogP contribution is -2.36. The molecular formula is C13H28N2. The van der Waals surface area contributed by atoms with Crippen LogP contribution >= 0.6 is 0 Å². The van der Waals surface area contributed by atoms with Crippen LogP contribution in [0.25, 0.3) is 0 Å². The lowest BCUT2D eigenvalue weighted by molar-refractivity contribution is 0.343. The minimum Gasteiger partial charge on any atom is -0.330 e. The molecular weight excluding hydrogens is 184 g/mol. The predicted octanol–water partition coefficient (Wildman–Crippen LogP) is 2.24. The Labute approximate surface area is 95.0 Å². The zero-order valence-corrected chi connectivity index (χ0v) is 11.3. The molecule has 1 rings (SSSR count). The number of nitrogens with two attached hydrogens (primary N) is 1. The summed E-state index contributed by atoms with van der Waals surface area (Å²) in [6.07, 6.45) is 0. The highest BCUT2D eigenvalue weighted by Gasteiger charge is 2.63. The minimum absolute atomic E-state index is 0.225. The van der Waals surface area contributed by atoms with Crippen molar-refractivity contribution < 1.29 is 0 Å². The highest BCUT2D eigenvalue weighted by molar-refractivity contribution is 5.12. The van der Waals surface area contributed by atoms with Gasteiger partial charge in [-0.15, -0.1) is 0 Å². The van der Waals surface area contributed by atoms with Gasteiger partial charge in [0.15, 0.2) is 0 Å². The monoisotopic (exact) mass is 212 g/mol. The van der Waals surface area contributed by atoms with Gasteiger partial charge in [-0.2, -0.15) is 0 Å². The van der Waals surface area contributed by atoms with E-state index >= 15 is 0 Å². The van der Waals surface area contributed by atoms with Crippen LogP contribution < -0.4 is 11.1 Å². The van der Waals surface area contributed by atoms with Crippen LogP contribution in [0.4, 0.5) is 0 Å². The van der Waals surface area contributed by atoms with E-state index in [2.05, 4.69) is 46.9 Å². The van der Waals surface area contributed by atoms with E-state index in [0.29, 0.717) is 10.8 Å². The SMILES string of the molecule is CC(C)(CN)CNCC1C(C)(C)C1(C)C. The van der Waals surface area contributed by atoms with E-state index in [-0.39, 0.29) is 5.41 Å². The van der Waals surface area contributed by atoms with Crippen molar-refractivity contribution in [1.29, 1.82) is 0 Å². The fourth-order valence-electron chi connectivity index (χ4n) is 2.47. The summed E-state index contributed by atoms with van der Waals surface area (Å²) >= 11 is 0. The van der Waals surface area contributed by atoms with E-state index in [4.69, 9.17) is 5.73 Å². The fraction of sp³-hybridized carbons (Fsp3) is 1.00. The molecule has 0 aromatic rings. The fourth-order valence-corrected chi connectivity index (χ4v) is 2.47. The van der Waals surface area contributed by atoms with Gasteiger partial charge < -0.3 is 11.1 Å². The molecule has 2 nitrogen and oxygen atoms in total. The predicted molar refractivity (Wildman–Crippen MR) is 66.8 cm³/mol. The normalized spacial score (nSPS) is 24.2. The van der Waals surface area contributed by atoms with Gasteiger partial charge in [-0.1, -0.05) is 41.5 Å². The molecule has 0 heterocycles. The molecule has 1 fully saturated rings. The van der Waals surface area contributed by atoms with Crippen LogP contribution in [-0.2, 0) is 0 Å². The molecule has 90 valence electrons. The molecule has 0 amide bonds. The van der Waals surface area contributed by atoms with Gasteiger partial charge in [-0.3, -0.25) is 0 Å². The van der Waals surface area contributed by atoms with E-state index in [1.165, 1.54) is 0 Å². The van der Waals surface area contributed by atoms with E-state index in [1.54, 1.807) is 0 Å². The van der Waals surface area contributed by atoms with Crippen molar-refractivity contribution >= 4 is 0 Å². The smallest absolute Gasteiger partial charge is 0.00147 e. The van der Waals surface area contributed by atoms with Crippen molar-refractivity contribution in [3.8, 4) is 0 Å². The first-order valence-corrected chi connectivity index (χ1v) is 6.06. The second-order valence-corrected chi connectivity index (χ2v) is 7.00. The summed E-state index contributed by atoms with van der Waals surface area (Å²) in [6, 6.07) is 0. The molecule has 0 unspecified atom stereocenters. The standard InChI is InChI=1S/C13H28N2/c1-11(2,8-14)9-15-7-10-12(3,4)13(10,5)6/h10,15H,7-9,14H2,1-6H3. The van der Waals surface area contributed by atoms with Gasteiger partial charge >= 0.3 is 0 Å². The summed E-state index contributed by atoms with van der Waals surface area (Å²) in [4.78, 5) is 0. The van der Waals surface area contributed by atoms with Crippen molar-refractivity contribution in [1.82, 2.24) is 5.32 Å². The van der Waals surface area contributed by atoms with Crippen LogP contribution in [-0.4, -0.2) is 19.6 Å². The van der Waals surface area contributed by atoms with Gasteiger partial charge in [0.05, 0.1) is 0 Å². The Hall–Kier alpha value is -0.0800. The molecule has 0 aromatic heterocycles. The summed E-state index contributed by atoms with van der Waals surface area (Å²) in [7, 11) is 0. The first-order chi connectivity index (χ1) is 6.65. The Bertz CT molecular complexity index is 215. The molecule has 1 saturated carbocycles. The number of hydrogen-bond acceptors (Lipinski definition) is 2. The Morgan fingerprint density at radius 3 is 1.93 bits per heavy atom. The quantitative estimate of drug-likeness (QED) is 0.733. The summed E-state index contributed by atoms with van der Waals surface area (Å²) in [5.74, 6) is 0.804. The van der Waals surface area contributed by atoms with Crippen molar-refractivity contribution in [2.45, 2.75) is 41.5 Å². The van der Waals surface area contributed by atoms with Gasteiger partial charge in [0, 0.05) is 6.54 Å². The van der Waals surface area contributed by atoms with E-state index < -0.39 is 0 Å². The highest BCUT2D eigenvalue weighted by atomic mass is 14.9. The van der Waals surface area contributed by atoms with Crippen LogP contribution in [0.15, 0.2) is 0 Å². The molecule has 0 aromatic carbocycles. The van der Waals surface area contributed by atoms with Crippen LogP contribution in [0, 0.1) is 22.2 Å². The average molecular weight is 212 g/mol. The Balaban J connectivity index is 2.30. The number of hydrogen-bond donors (Lipinski definition) is 2. The third-order valence-corrected chi connectivity index (χ3v) is 4.82. The lowest BCUT2D eigenvalue weighted by Gasteiger charge is -2.23. The highest BCUT2D eigenvalue weighted by Crippen LogP contribution is 2.67. The molecule has 0 saturated heterocycles. The molecule has 1 aliphatic carbocycles. The first-order valence-electron chi connectivity index (χ1n) is 6.06. The molecule has 0 bridgehead atoms. The maximum absolute atomic E-state index is 5.71. The maximum atomic E-state index is 5.71. The van der Waals surface area contributed by atoms with Crippen molar-refractivity contribution in [3.05, 3.63) is 0 Å². The van der Waals surface area contributed by atoms with Crippen LogP contribution in [0.5, 0.6) is 0 Å². The molecule has 0 atom stereocenters. The van der Waals surface area contributed by atoms with Gasteiger partial charge in [0.2, 0.25) is 0 Å². The van der Waals surface area contributed by atoms with Crippen LogP contribution in [0.2, 0.25) is 0 Å². The average Bonchev–Trinajstić information content (AvgIpc) is 2.47. The number of nitrogens with one attached hydrogen (secondary N) is 1. The van der Waals surface area contributed by atoms with Crippen molar-refractivity contribution in [2.24, 2.45) is 27.9 Å².